The summed E-state index contributed by atoms with van der Waals surface area (Å²) in [7, 11) is 0. The Morgan fingerprint density at radius 2 is 2.24 bits per heavy atom. The van der Waals surface area contributed by atoms with Crippen molar-refractivity contribution in [2.24, 2.45) is 0 Å². The van der Waals surface area contributed by atoms with Gasteiger partial charge in [0.05, 0.1) is 11.2 Å². The molecule has 0 spiro atoms. The molecule has 3 aromatic heterocycles. The predicted octanol–water partition coefficient (Wildman–Crippen LogP) is 1.99. The third kappa shape index (κ3) is 2.40. The molecule has 0 bridgehead atoms. The fourth-order valence-corrected chi connectivity index (χ4v) is 2.91. The highest BCUT2D eigenvalue weighted by Gasteiger charge is 2.18. The number of nitrogens with zero attached hydrogens (tertiary/aromatic N) is 5. The highest BCUT2D eigenvalue weighted by atomic mass is 15.2. The van der Waals surface area contributed by atoms with E-state index in [1.165, 1.54) is 11.3 Å². The number of hydrogen-bond acceptors (Lipinski definition) is 4. The van der Waals surface area contributed by atoms with E-state index in [1.807, 2.05) is 36.0 Å². The van der Waals surface area contributed by atoms with E-state index in [2.05, 4.69) is 32.1 Å². The second-order valence-corrected chi connectivity index (χ2v) is 5.56. The Labute approximate surface area is 123 Å². The van der Waals surface area contributed by atoms with Crippen molar-refractivity contribution in [2.75, 3.05) is 6.54 Å². The minimum Gasteiger partial charge on any atom is -0.293 e. The fourth-order valence-electron chi connectivity index (χ4n) is 2.91. The molecule has 3 aromatic rings. The van der Waals surface area contributed by atoms with Crippen molar-refractivity contribution in [3.8, 4) is 0 Å². The molecule has 0 radical (unpaired) electrons. The Morgan fingerprint density at radius 3 is 3.14 bits per heavy atom. The molecule has 0 saturated carbocycles. The Morgan fingerprint density at radius 1 is 1.29 bits per heavy atom. The van der Waals surface area contributed by atoms with Crippen molar-refractivity contribution in [3.05, 3.63) is 59.4 Å². The summed E-state index contributed by atoms with van der Waals surface area (Å²) in [6.45, 7) is 4.75. The van der Waals surface area contributed by atoms with E-state index in [-0.39, 0.29) is 0 Å². The van der Waals surface area contributed by atoms with Crippen molar-refractivity contribution in [1.29, 1.82) is 0 Å². The van der Waals surface area contributed by atoms with Crippen molar-refractivity contribution in [1.82, 2.24) is 24.5 Å². The number of aryl methyl sites for hydroxylation is 1. The van der Waals surface area contributed by atoms with Gasteiger partial charge in [0.1, 0.15) is 5.82 Å². The molecule has 4 rings (SSSR count). The molecule has 1 aliphatic rings. The fraction of sp³-hybridized carbons (Fsp3) is 0.312. The van der Waals surface area contributed by atoms with Crippen molar-refractivity contribution >= 4 is 5.52 Å². The first-order chi connectivity index (χ1) is 10.3. The Hall–Kier alpha value is -2.27. The maximum Gasteiger partial charge on any atom is 0.125 e. The zero-order chi connectivity index (χ0) is 14.2. The van der Waals surface area contributed by atoms with Gasteiger partial charge in [-0.25, -0.2) is 14.5 Å². The molecule has 0 aliphatic carbocycles. The number of rotatable bonds is 2. The number of hydrogen-bond donors (Lipinski definition) is 0. The number of aromatic nitrogens is 4. The lowest BCUT2D eigenvalue weighted by atomic mass is 10.1. The minimum absolute atomic E-state index is 0.863. The maximum absolute atomic E-state index is 4.62. The monoisotopic (exact) mass is 279 g/mol. The molecule has 4 heterocycles. The van der Waals surface area contributed by atoms with Gasteiger partial charge < -0.3 is 0 Å². The molecule has 0 N–H and O–H groups in total. The van der Waals surface area contributed by atoms with E-state index in [1.54, 1.807) is 0 Å². The van der Waals surface area contributed by atoms with Gasteiger partial charge in [0.15, 0.2) is 0 Å². The molecular formula is C16H17N5. The van der Waals surface area contributed by atoms with E-state index >= 15 is 0 Å². The van der Waals surface area contributed by atoms with E-state index in [0.29, 0.717) is 0 Å². The van der Waals surface area contributed by atoms with E-state index in [4.69, 9.17) is 0 Å². The second kappa shape index (κ2) is 4.93. The number of fused-ring (bicyclic) bond motifs is 2. The summed E-state index contributed by atoms with van der Waals surface area (Å²) < 4.78 is 1.93. The van der Waals surface area contributed by atoms with Crippen LogP contribution in [0, 0.1) is 6.92 Å². The summed E-state index contributed by atoms with van der Waals surface area (Å²) in [6, 6.07) is 8.28. The van der Waals surface area contributed by atoms with Crippen LogP contribution in [0.4, 0.5) is 0 Å². The molecule has 0 saturated heterocycles. The first-order valence-electron chi connectivity index (χ1n) is 7.25. The largest absolute Gasteiger partial charge is 0.293 e. The first-order valence-corrected chi connectivity index (χ1v) is 7.25. The van der Waals surface area contributed by atoms with Gasteiger partial charge in [0.25, 0.3) is 0 Å². The minimum atomic E-state index is 0.863. The van der Waals surface area contributed by atoms with Gasteiger partial charge in [0, 0.05) is 49.7 Å². The van der Waals surface area contributed by atoms with Crippen LogP contribution >= 0.6 is 0 Å². The molecule has 0 aromatic carbocycles. The summed E-state index contributed by atoms with van der Waals surface area (Å²) in [5.74, 6) is 0.863. The molecule has 5 heteroatoms. The quantitative estimate of drug-likeness (QED) is 0.720. The maximum atomic E-state index is 4.62. The van der Waals surface area contributed by atoms with Crippen LogP contribution in [0.2, 0.25) is 0 Å². The molecule has 0 unspecified atom stereocenters. The highest BCUT2D eigenvalue weighted by molar-refractivity contribution is 5.46. The lowest BCUT2D eigenvalue weighted by Crippen LogP contribution is -2.31. The summed E-state index contributed by atoms with van der Waals surface area (Å²) in [5, 5.41) is 4.62. The van der Waals surface area contributed by atoms with Gasteiger partial charge in [-0.3, -0.25) is 4.90 Å². The zero-order valence-electron chi connectivity index (χ0n) is 12.0. The Balaban J connectivity index is 1.54. The normalized spacial score (nSPS) is 15.3. The predicted molar refractivity (Wildman–Crippen MR) is 79.8 cm³/mol. The summed E-state index contributed by atoms with van der Waals surface area (Å²) in [4.78, 5) is 11.2. The molecule has 106 valence electrons. The van der Waals surface area contributed by atoms with Crippen LogP contribution in [0.1, 0.15) is 22.8 Å². The van der Waals surface area contributed by atoms with Crippen LogP contribution in [0.15, 0.2) is 36.7 Å². The van der Waals surface area contributed by atoms with Crippen LogP contribution < -0.4 is 0 Å². The smallest absolute Gasteiger partial charge is 0.125 e. The third-order valence-corrected chi connectivity index (χ3v) is 3.94. The van der Waals surface area contributed by atoms with Gasteiger partial charge in [-0.05, 0) is 25.1 Å². The molecule has 21 heavy (non-hydrogen) atoms. The van der Waals surface area contributed by atoms with Gasteiger partial charge in [-0.2, -0.15) is 5.10 Å². The summed E-state index contributed by atoms with van der Waals surface area (Å²) >= 11 is 0. The average molecular weight is 279 g/mol. The third-order valence-electron chi connectivity index (χ3n) is 3.94. The molecule has 0 fully saturated rings. The lowest BCUT2D eigenvalue weighted by Gasteiger charge is -2.27. The van der Waals surface area contributed by atoms with Gasteiger partial charge >= 0.3 is 0 Å². The Bertz CT molecular complexity index is 759. The summed E-state index contributed by atoms with van der Waals surface area (Å²) in [5.41, 5.74) is 4.70. The average Bonchev–Trinajstić information content (AvgIpc) is 2.89. The molecule has 5 nitrogen and oxygen atoms in total. The van der Waals surface area contributed by atoms with Crippen LogP contribution in [0.5, 0.6) is 0 Å². The number of pyridine rings is 1. The van der Waals surface area contributed by atoms with Crippen molar-refractivity contribution in [3.63, 3.8) is 0 Å². The van der Waals surface area contributed by atoms with Crippen LogP contribution in [-0.4, -0.2) is 31.0 Å². The van der Waals surface area contributed by atoms with Gasteiger partial charge in [-0.15, -0.1) is 0 Å². The van der Waals surface area contributed by atoms with Crippen LogP contribution in [-0.2, 0) is 19.5 Å². The zero-order valence-corrected chi connectivity index (χ0v) is 12.0. The molecule has 1 aliphatic heterocycles. The SMILES string of the molecule is Cc1ncc2c(n1)CCN(Cc1cc3ccccn3n1)C2. The Kier molecular flexibility index (Phi) is 2.93. The molecule has 0 amide bonds. The first kappa shape index (κ1) is 12.5. The van der Waals surface area contributed by atoms with Crippen molar-refractivity contribution < 1.29 is 0 Å². The summed E-state index contributed by atoms with van der Waals surface area (Å²) in [6.07, 6.45) is 4.94. The highest BCUT2D eigenvalue weighted by Crippen LogP contribution is 2.18. The van der Waals surface area contributed by atoms with Crippen LogP contribution in [0.3, 0.4) is 0 Å². The molecular weight excluding hydrogens is 262 g/mol. The van der Waals surface area contributed by atoms with E-state index < -0.39 is 0 Å². The van der Waals surface area contributed by atoms with Gasteiger partial charge in [-0.1, -0.05) is 6.07 Å². The van der Waals surface area contributed by atoms with E-state index in [0.717, 1.165) is 43.1 Å². The standard InChI is InChI=1S/C16H17N5/c1-12-17-9-13-10-20(7-5-16(13)18-12)11-14-8-15-4-2-3-6-21(15)19-14/h2-4,6,8-9H,5,7,10-11H2,1H3. The van der Waals surface area contributed by atoms with E-state index in [9.17, 15) is 0 Å². The van der Waals surface area contributed by atoms with Crippen molar-refractivity contribution in [2.45, 2.75) is 26.4 Å². The lowest BCUT2D eigenvalue weighted by molar-refractivity contribution is 0.239. The topological polar surface area (TPSA) is 46.3 Å². The van der Waals surface area contributed by atoms with Crippen LogP contribution in [0.25, 0.3) is 5.52 Å². The van der Waals surface area contributed by atoms with Gasteiger partial charge in [0.2, 0.25) is 0 Å². The second-order valence-electron chi connectivity index (χ2n) is 5.56. The molecule has 0 atom stereocenters.